The molecule has 2 aromatic carbocycles. The predicted octanol–water partition coefficient (Wildman–Crippen LogP) is 2.42. The molecule has 0 saturated carbocycles. The van der Waals surface area contributed by atoms with Gasteiger partial charge in [-0.05, 0) is 35.7 Å². The van der Waals surface area contributed by atoms with Gasteiger partial charge in [0, 0.05) is 26.6 Å². The van der Waals surface area contributed by atoms with E-state index in [9.17, 15) is 8.42 Å². The maximum absolute atomic E-state index is 12.3. The van der Waals surface area contributed by atoms with Crippen LogP contribution in [-0.2, 0) is 22.7 Å². The Bertz CT molecular complexity index is 902. The van der Waals surface area contributed by atoms with Gasteiger partial charge in [0.05, 0.1) is 17.3 Å². The molecule has 0 saturated heterocycles. The van der Waals surface area contributed by atoms with Gasteiger partial charge in [-0.1, -0.05) is 30.3 Å². The lowest BCUT2D eigenvalue weighted by Crippen LogP contribution is -2.40. The number of nitrogens with one attached hydrogen (secondary N) is 2. The van der Waals surface area contributed by atoms with Gasteiger partial charge in [-0.15, -0.1) is 24.0 Å². The Labute approximate surface area is 183 Å². The van der Waals surface area contributed by atoms with Gasteiger partial charge in [0.15, 0.2) is 15.8 Å². The van der Waals surface area contributed by atoms with Crippen molar-refractivity contribution in [2.45, 2.75) is 17.7 Å². The number of hydrogen-bond acceptors (Lipinski definition) is 4. The SMILES string of the molecule is CN=C(NCCc1ccc2c(c1)CCO2)NCCS(=O)(=O)c1ccccc1.I. The fourth-order valence-corrected chi connectivity index (χ4v) is 4.17. The van der Waals surface area contributed by atoms with Gasteiger partial charge in [0.25, 0.3) is 0 Å². The molecular weight excluding hydrogens is 489 g/mol. The number of benzene rings is 2. The van der Waals surface area contributed by atoms with E-state index in [4.69, 9.17) is 4.74 Å². The summed E-state index contributed by atoms with van der Waals surface area (Å²) in [6.07, 6.45) is 1.83. The Balaban J connectivity index is 0.00000280. The first-order valence-corrected chi connectivity index (χ1v) is 10.7. The van der Waals surface area contributed by atoms with Gasteiger partial charge < -0.3 is 15.4 Å². The highest BCUT2D eigenvalue weighted by Crippen LogP contribution is 2.25. The molecule has 1 aliphatic rings. The monoisotopic (exact) mass is 515 g/mol. The quantitative estimate of drug-likeness (QED) is 0.337. The second-order valence-corrected chi connectivity index (χ2v) is 8.46. The average Bonchev–Trinajstić information content (AvgIpc) is 3.15. The molecule has 2 aromatic rings. The van der Waals surface area contributed by atoms with Gasteiger partial charge in [-0.2, -0.15) is 0 Å². The minimum absolute atomic E-state index is 0. The minimum Gasteiger partial charge on any atom is -0.493 e. The van der Waals surface area contributed by atoms with E-state index in [1.165, 1.54) is 11.1 Å². The molecule has 0 amide bonds. The molecule has 0 spiro atoms. The molecule has 152 valence electrons. The van der Waals surface area contributed by atoms with Crippen LogP contribution < -0.4 is 15.4 Å². The summed E-state index contributed by atoms with van der Waals surface area (Å²) in [7, 11) is -1.62. The van der Waals surface area contributed by atoms with Gasteiger partial charge in [0.2, 0.25) is 0 Å². The number of ether oxygens (including phenoxy) is 1. The standard InChI is InChI=1S/C20H25N3O3S.HI/c1-21-20(23-12-14-27(24,25)18-5-3-2-4-6-18)22-11-9-16-7-8-19-17(15-16)10-13-26-19;/h2-8,15H,9-14H2,1H3,(H2,21,22,23);1H. The minimum atomic E-state index is -3.29. The third-order valence-electron chi connectivity index (χ3n) is 4.45. The van der Waals surface area contributed by atoms with E-state index in [1.807, 2.05) is 6.07 Å². The molecule has 6 nitrogen and oxygen atoms in total. The molecule has 0 atom stereocenters. The fourth-order valence-electron chi connectivity index (χ4n) is 2.99. The second kappa shape index (κ2) is 10.7. The van der Waals surface area contributed by atoms with Crippen LogP contribution >= 0.6 is 24.0 Å². The second-order valence-electron chi connectivity index (χ2n) is 6.35. The molecule has 1 aliphatic heterocycles. The van der Waals surface area contributed by atoms with E-state index in [0.717, 1.165) is 25.2 Å². The first kappa shape index (κ1) is 22.5. The summed E-state index contributed by atoms with van der Waals surface area (Å²) in [5.74, 6) is 1.61. The number of fused-ring (bicyclic) bond motifs is 1. The zero-order valence-corrected chi connectivity index (χ0v) is 19.0. The third-order valence-corrected chi connectivity index (χ3v) is 6.18. The summed E-state index contributed by atoms with van der Waals surface area (Å²) in [6, 6.07) is 14.8. The van der Waals surface area contributed by atoms with Crippen molar-refractivity contribution in [3.8, 4) is 5.75 Å². The number of aliphatic imine (C=N–C) groups is 1. The molecule has 1 heterocycles. The largest absolute Gasteiger partial charge is 0.493 e. The first-order valence-electron chi connectivity index (χ1n) is 9.05. The van der Waals surface area contributed by atoms with E-state index < -0.39 is 9.84 Å². The Morgan fingerprint density at radius 1 is 1.11 bits per heavy atom. The van der Waals surface area contributed by atoms with Crippen molar-refractivity contribution in [1.29, 1.82) is 0 Å². The van der Waals surface area contributed by atoms with Crippen molar-refractivity contribution in [3.63, 3.8) is 0 Å². The molecule has 0 bridgehead atoms. The molecule has 0 fully saturated rings. The number of hydrogen-bond donors (Lipinski definition) is 2. The van der Waals surface area contributed by atoms with Crippen LogP contribution in [0.4, 0.5) is 0 Å². The van der Waals surface area contributed by atoms with Crippen molar-refractivity contribution in [2.24, 2.45) is 4.99 Å². The molecule has 0 aliphatic carbocycles. The predicted molar refractivity (Wildman–Crippen MR) is 123 cm³/mol. The van der Waals surface area contributed by atoms with E-state index in [0.29, 0.717) is 23.9 Å². The third kappa shape index (κ3) is 6.10. The van der Waals surface area contributed by atoms with E-state index in [2.05, 4.69) is 27.8 Å². The summed E-state index contributed by atoms with van der Waals surface area (Å²) >= 11 is 0. The van der Waals surface area contributed by atoms with E-state index >= 15 is 0 Å². The molecule has 8 heteroatoms. The van der Waals surface area contributed by atoms with Crippen molar-refractivity contribution in [1.82, 2.24) is 10.6 Å². The summed E-state index contributed by atoms with van der Waals surface area (Å²) in [4.78, 5) is 4.49. The molecular formula is C20H26IN3O3S. The Morgan fingerprint density at radius 3 is 2.61 bits per heavy atom. The summed E-state index contributed by atoms with van der Waals surface area (Å²) in [6.45, 7) is 1.78. The maximum atomic E-state index is 12.3. The van der Waals surface area contributed by atoms with Crippen LogP contribution in [0.1, 0.15) is 11.1 Å². The van der Waals surface area contributed by atoms with Crippen LogP contribution in [0.3, 0.4) is 0 Å². The van der Waals surface area contributed by atoms with Crippen LogP contribution in [0, 0.1) is 0 Å². The maximum Gasteiger partial charge on any atom is 0.191 e. The highest BCUT2D eigenvalue weighted by Gasteiger charge is 2.14. The van der Waals surface area contributed by atoms with E-state index in [-0.39, 0.29) is 29.7 Å². The molecule has 0 aromatic heterocycles. The fraction of sp³-hybridized carbons (Fsp3) is 0.350. The summed E-state index contributed by atoms with van der Waals surface area (Å²) in [5, 5.41) is 6.29. The van der Waals surface area contributed by atoms with Crippen molar-refractivity contribution >= 4 is 39.8 Å². The number of nitrogens with zero attached hydrogens (tertiary/aromatic N) is 1. The zero-order chi connectivity index (χ0) is 19.1. The van der Waals surface area contributed by atoms with Gasteiger partial charge in [-0.25, -0.2) is 8.42 Å². The Morgan fingerprint density at radius 2 is 1.86 bits per heavy atom. The zero-order valence-electron chi connectivity index (χ0n) is 15.8. The number of sulfone groups is 1. The molecule has 0 unspecified atom stereocenters. The topological polar surface area (TPSA) is 79.8 Å². The highest BCUT2D eigenvalue weighted by molar-refractivity contribution is 14.0. The van der Waals surface area contributed by atoms with Crippen LogP contribution in [-0.4, -0.2) is 46.9 Å². The summed E-state index contributed by atoms with van der Waals surface area (Å²) < 4.78 is 30.1. The van der Waals surface area contributed by atoms with Crippen molar-refractivity contribution in [2.75, 3.05) is 32.5 Å². The van der Waals surface area contributed by atoms with Gasteiger partial charge in [0.1, 0.15) is 5.75 Å². The molecule has 2 N–H and O–H groups in total. The van der Waals surface area contributed by atoms with Crippen LogP contribution in [0.25, 0.3) is 0 Å². The highest BCUT2D eigenvalue weighted by atomic mass is 127. The lowest BCUT2D eigenvalue weighted by Gasteiger charge is -2.12. The summed E-state index contributed by atoms with van der Waals surface area (Å²) in [5.41, 5.74) is 2.51. The van der Waals surface area contributed by atoms with E-state index in [1.54, 1.807) is 37.4 Å². The number of halogens is 1. The lowest BCUT2D eigenvalue weighted by molar-refractivity contribution is 0.357. The molecule has 28 heavy (non-hydrogen) atoms. The number of rotatable bonds is 7. The Hall–Kier alpha value is -1.81. The van der Waals surface area contributed by atoms with Crippen molar-refractivity contribution in [3.05, 3.63) is 59.7 Å². The lowest BCUT2D eigenvalue weighted by atomic mass is 10.1. The van der Waals surface area contributed by atoms with Crippen molar-refractivity contribution < 1.29 is 13.2 Å². The Kier molecular flexibility index (Phi) is 8.56. The van der Waals surface area contributed by atoms with Crippen LogP contribution in [0.15, 0.2) is 58.4 Å². The number of guanidine groups is 1. The smallest absolute Gasteiger partial charge is 0.191 e. The molecule has 0 radical (unpaired) electrons. The first-order chi connectivity index (χ1) is 13.1. The molecule has 3 rings (SSSR count). The van der Waals surface area contributed by atoms with Gasteiger partial charge in [-0.3, -0.25) is 4.99 Å². The average molecular weight is 515 g/mol. The van der Waals surface area contributed by atoms with Crippen LogP contribution in [0.2, 0.25) is 0 Å². The normalized spacial score (nSPS) is 13.2. The van der Waals surface area contributed by atoms with Gasteiger partial charge >= 0.3 is 0 Å². The van der Waals surface area contributed by atoms with Crippen LogP contribution in [0.5, 0.6) is 5.75 Å².